The smallest absolute Gasteiger partial charge is 0.150 e. The Bertz CT molecular complexity index is 581. The van der Waals surface area contributed by atoms with Crippen LogP contribution in [0, 0.1) is 12.7 Å². The highest BCUT2D eigenvalue weighted by atomic mass is 35.5. The maximum atomic E-state index is 13.8. The van der Waals surface area contributed by atoms with Crippen LogP contribution in [-0.2, 0) is 6.42 Å². The molecule has 0 bridgehead atoms. The van der Waals surface area contributed by atoms with Crippen LogP contribution >= 0.6 is 11.6 Å². The first-order chi connectivity index (χ1) is 8.08. The van der Waals surface area contributed by atoms with Gasteiger partial charge in [-0.05, 0) is 31.0 Å². The van der Waals surface area contributed by atoms with Gasteiger partial charge in [0, 0.05) is 28.8 Å². The molecule has 17 heavy (non-hydrogen) atoms. The number of pyridine rings is 1. The molecule has 0 spiro atoms. The zero-order valence-electron chi connectivity index (χ0n) is 10.1. The van der Waals surface area contributed by atoms with Crippen LogP contribution in [0.1, 0.15) is 18.2 Å². The molecule has 1 heterocycles. The second kappa shape index (κ2) is 4.49. The molecule has 0 unspecified atom stereocenters. The molecular formula is C13H14ClFN2. The van der Waals surface area contributed by atoms with Gasteiger partial charge in [0.05, 0.1) is 0 Å². The standard InChI is InChI=1S/C13H14ClFN2/c1-4-11-7(2)12(16-3)9-5-8(14)6-10(15)13(9)17-11/h5-6H,4H2,1-3H3,(H,16,17). The molecule has 0 aliphatic heterocycles. The summed E-state index contributed by atoms with van der Waals surface area (Å²) in [5.74, 6) is -0.376. The second-order valence-electron chi connectivity index (χ2n) is 3.95. The minimum Gasteiger partial charge on any atom is -0.387 e. The van der Waals surface area contributed by atoms with Crippen LogP contribution < -0.4 is 5.32 Å². The molecule has 0 saturated heterocycles. The molecule has 0 radical (unpaired) electrons. The molecule has 0 amide bonds. The number of nitrogens with one attached hydrogen (secondary N) is 1. The Kier molecular flexibility index (Phi) is 3.20. The first-order valence-corrected chi connectivity index (χ1v) is 5.92. The fourth-order valence-corrected chi connectivity index (χ4v) is 2.31. The topological polar surface area (TPSA) is 24.9 Å². The lowest BCUT2D eigenvalue weighted by Crippen LogP contribution is -2.02. The number of anilines is 1. The van der Waals surface area contributed by atoms with E-state index in [1.807, 2.05) is 20.9 Å². The predicted octanol–water partition coefficient (Wildman–Crippen LogP) is 3.94. The number of fused-ring (bicyclic) bond motifs is 1. The summed E-state index contributed by atoms with van der Waals surface area (Å²) >= 11 is 5.88. The molecule has 0 atom stereocenters. The average Bonchev–Trinajstić information content (AvgIpc) is 2.28. The SMILES string of the molecule is CCc1nc2c(F)cc(Cl)cc2c(NC)c1C. The van der Waals surface area contributed by atoms with Crippen molar-refractivity contribution in [2.75, 3.05) is 12.4 Å². The van der Waals surface area contributed by atoms with Crippen molar-refractivity contribution >= 4 is 28.2 Å². The van der Waals surface area contributed by atoms with E-state index >= 15 is 0 Å². The van der Waals surface area contributed by atoms with Crippen molar-refractivity contribution in [1.82, 2.24) is 4.98 Å². The van der Waals surface area contributed by atoms with E-state index in [1.165, 1.54) is 6.07 Å². The quantitative estimate of drug-likeness (QED) is 0.876. The summed E-state index contributed by atoms with van der Waals surface area (Å²) < 4.78 is 13.8. The van der Waals surface area contributed by atoms with Crippen LogP contribution in [-0.4, -0.2) is 12.0 Å². The van der Waals surface area contributed by atoms with Crippen molar-refractivity contribution in [2.45, 2.75) is 20.3 Å². The molecule has 1 aromatic heterocycles. The van der Waals surface area contributed by atoms with Gasteiger partial charge in [0.1, 0.15) is 5.52 Å². The zero-order chi connectivity index (χ0) is 12.6. The van der Waals surface area contributed by atoms with E-state index in [1.54, 1.807) is 6.07 Å². The number of rotatable bonds is 2. The van der Waals surface area contributed by atoms with E-state index in [2.05, 4.69) is 10.3 Å². The van der Waals surface area contributed by atoms with Gasteiger partial charge in [-0.15, -0.1) is 0 Å². The molecular weight excluding hydrogens is 239 g/mol. The van der Waals surface area contributed by atoms with Crippen LogP contribution in [0.4, 0.5) is 10.1 Å². The Balaban J connectivity index is 2.92. The molecule has 0 aliphatic carbocycles. The van der Waals surface area contributed by atoms with E-state index in [4.69, 9.17) is 11.6 Å². The third kappa shape index (κ3) is 1.95. The molecule has 0 aliphatic rings. The van der Waals surface area contributed by atoms with E-state index < -0.39 is 0 Å². The van der Waals surface area contributed by atoms with Gasteiger partial charge in [-0.25, -0.2) is 9.37 Å². The van der Waals surface area contributed by atoms with Crippen molar-refractivity contribution in [3.05, 3.63) is 34.2 Å². The molecule has 1 aromatic carbocycles. The number of nitrogens with zero attached hydrogens (tertiary/aromatic N) is 1. The third-order valence-corrected chi connectivity index (χ3v) is 3.16. The average molecular weight is 253 g/mol. The molecule has 2 nitrogen and oxygen atoms in total. The number of halogens is 2. The van der Waals surface area contributed by atoms with Gasteiger partial charge in [-0.1, -0.05) is 18.5 Å². The van der Waals surface area contributed by atoms with Crippen LogP contribution in [0.15, 0.2) is 12.1 Å². The lowest BCUT2D eigenvalue weighted by atomic mass is 10.1. The number of hydrogen-bond donors (Lipinski definition) is 1. The highest BCUT2D eigenvalue weighted by Crippen LogP contribution is 2.31. The van der Waals surface area contributed by atoms with Crippen molar-refractivity contribution in [3.63, 3.8) is 0 Å². The normalized spacial score (nSPS) is 10.9. The molecule has 4 heteroatoms. The second-order valence-corrected chi connectivity index (χ2v) is 4.38. The monoisotopic (exact) mass is 252 g/mol. The first kappa shape index (κ1) is 12.1. The van der Waals surface area contributed by atoms with E-state index in [0.29, 0.717) is 10.5 Å². The van der Waals surface area contributed by atoms with Gasteiger partial charge in [0.25, 0.3) is 0 Å². The summed E-state index contributed by atoms with van der Waals surface area (Å²) in [6.07, 6.45) is 0.776. The van der Waals surface area contributed by atoms with Gasteiger partial charge >= 0.3 is 0 Å². The Labute approximate surface area is 105 Å². The van der Waals surface area contributed by atoms with Gasteiger partial charge < -0.3 is 5.32 Å². The first-order valence-electron chi connectivity index (χ1n) is 5.54. The van der Waals surface area contributed by atoms with Gasteiger partial charge in [-0.2, -0.15) is 0 Å². The molecule has 2 aromatic rings. The fraction of sp³-hybridized carbons (Fsp3) is 0.308. The van der Waals surface area contributed by atoms with E-state index in [9.17, 15) is 4.39 Å². The fourth-order valence-electron chi connectivity index (χ4n) is 2.10. The molecule has 2 rings (SSSR count). The Hall–Kier alpha value is -1.35. The lowest BCUT2D eigenvalue weighted by molar-refractivity contribution is 0.636. The molecule has 1 N–H and O–H groups in total. The highest BCUT2D eigenvalue weighted by Gasteiger charge is 2.13. The van der Waals surface area contributed by atoms with Crippen LogP contribution in [0.2, 0.25) is 5.02 Å². The number of hydrogen-bond acceptors (Lipinski definition) is 2. The summed E-state index contributed by atoms with van der Waals surface area (Å²) in [5.41, 5.74) is 3.22. The number of aryl methyl sites for hydroxylation is 1. The highest BCUT2D eigenvalue weighted by molar-refractivity contribution is 6.31. The summed E-state index contributed by atoms with van der Waals surface area (Å²) in [4.78, 5) is 4.37. The summed E-state index contributed by atoms with van der Waals surface area (Å²) in [7, 11) is 1.82. The third-order valence-electron chi connectivity index (χ3n) is 2.94. The Morgan fingerprint density at radius 3 is 2.71 bits per heavy atom. The number of aromatic nitrogens is 1. The van der Waals surface area contributed by atoms with Gasteiger partial charge in [-0.3, -0.25) is 0 Å². The van der Waals surface area contributed by atoms with Gasteiger partial charge in [0.2, 0.25) is 0 Å². The lowest BCUT2D eigenvalue weighted by Gasteiger charge is -2.13. The number of benzene rings is 1. The minimum atomic E-state index is -0.376. The maximum absolute atomic E-state index is 13.8. The van der Waals surface area contributed by atoms with Crippen LogP contribution in [0.5, 0.6) is 0 Å². The minimum absolute atomic E-state index is 0.376. The van der Waals surface area contributed by atoms with Crippen LogP contribution in [0.25, 0.3) is 10.9 Å². The van der Waals surface area contributed by atoms with E-state index in [-0.39, 0.29) is 5.82 Å². The van der Waals surface area contributed by atoms with Crippen LogP contribution in [0.3, 0.4) is 0 Å². The van der Waals surface area contributed by atoms with Crippen molar-refractivity contribution in [2.24, 2.45) is 0 Å². The van der Waals surface area contributed by atoms with Crippen molar-refractivity contribution in [1.29, 1.82) is 0 Å². The van der Waals surface area contributed by atoms with Crippen molar-refractivity contribution in [3.8, 4) is 0 Å². The summed E-state index contributed by atoms with van der Waals surface area (Å²) in [5, 5.41) is 4.22. The molecule has 0 saturated carbocycles. The van der Waals surface area contributed by atoms with Crippen molar-refractivity contribution < 1.29 is 4.39 Å². The predicted molar refractivity (Wildman–Crippen MR) is 70.4 cm³/mol. The summed E-state index contributed by atoms with van der Waals surface area (Å²) in [6.45, 7) is 3.99. The van der Waals surface area contributed by atoms with E-state index in [0.717, 1.165) is 28.8 Å². The summed E-state index contributed by atoms with van der Waals surface area (Å²) in [6, 6.07) is 3.04. The molecule has 90 valence electrons. The zero-order valence-corrected chi connectivity index (χ0v) is 10.8. The Morgan fingerprint density at radius 1 is 1.41 bits per heavy atom. The maximum Gasteiger partial charge on any atom is 0.150 e. The van der Waals surface area contributed by atoms with Gasteiger partial charge in [0.15, 0.2) is 5.82 Å². The largest absolute Gasteiger partial charge is 0.387 e. The Morgan fingerprint density at radius 2 is 2.12 bits per heavy atom. The molecule has 0 fully saturated rings.